The minimum Gasteiger partial charge on any atom is -0.497 e. The number of amides is 1. The summed E-state index contributed by atoms with van der Waals surface area (Å²) in [6.45, 7) is 0.753. The van der Waals surface area contributed by atoms with E-state index in [4.69, 9.17) is 19.6 Å². The molecule has 2 aliphatic rings. The second-order valence-electron chi connectivity index (χ2n) is 6.44. The SMILES string of the molecule is COc1ccc(OCCOc2ccc(C=C3C(=N)N4C=CSC4=NC3=O)cc2Br)cc1. The van der Waals surface area contributed by atoms with Gasteiger partial charge in [-0.1, -0.05) is 17.8 Å². The number of carbonyl (C=O) groups is 1. The van der Waals surface area contributed by atoms with Gasteiger partial charge in [-0.05, 0) is 69.4 Å². The Hall–Kier alpha value is -3.04. The summed E-state index contributed by atoms with van der Waals surface area (Å²) in [6, 6.07) is 12.8. The van der Waals surface area contributed by atoms with Gasteiger partial charge in [-0.3, -0.25) is 15.1 Å². The zero-order valence-corrected chi connectivity index (χ0v) is 18.9. The summed E-state index contributed by atoms with van der Waals surface area (Å²) in [5.41, 5.74) is 1.00. The Morgan fingerprint density at radius 1 is 1.13 bits per heavy atom. The van der Waals surface area contributed by atoms with Gasteiger partial charge in [0.2, 0.25) is 0 Å². The summed E-state index contributed by atoms with van der Waals surface area (Å²) in [7, 11) is 1.62. The fraction of sp³-hybridized carbons (Fsp3) is 0.136. The molecule has 0 saturated carbocycles. The van der Waals surface area contributed by atoms with E-state index in [0.717, 1.165) is 21.5 Å². The number of methoxy groups -OCH3 is 1. The zero-order chi connectivity index (χ0) is 21.8. The number of halogens is 1. The van der Waals surface area contributed by atoms with Gasteiger partial charge < -0.3 is 14.2 Å². The monoisotopic (exact) mass is 499 g/mol. The molecule has 2 aromatic rings. The minimum absolute atomic E-state index is 0.114. The standard InChI is InChI=1S/C22H18BrN3O4S/c1-28-15-3-5-16(6-4-15)29-9-10-30-19-7-2-14(13-18(19)23)12-17-20(24)26-8-11-31-22(26)25-21(17)27/h2-8,11-13,24H,9-10H2,1H3. The highest BCUT2D eigenvalue weighted by Gasteiger charge is 2.31. The molecule has 1 amide bonds. The molecule has 9 heteroatoms. The molecule has 0 unspecified atom stereocenters. The molecule has 0 aliphatic carbocycles. The van der Waals surface area contributed by atoms with Gasteiger partial charge in [-0.2, -0.15) is 4.99 Å². The maximum absolute atomic E-state index is 12.3. The van der Waals surface area contributed by atoms with E-state index in [1.807, 2.05) is 36.4 Å². The number of nitrogens with zero attached hydrogens (tertiary/aromatic N) is 2. The lowest BCUT2D eigenvalue weighted by Crippen LogP contribution is -2.35. The lowest BCUT2D eigenvalue weighted by atomic mass is 10.1. The number of hydrogen-bond acceptors (Lipinski definition) is 6. The molecule has 2 aromatic carbocycles. The van der Waals surface area contributed by atoms with Crippen LogP contribution in [0.3, 0.4) is 0 Å². The van der Waals surface area contributed by atoms with Crippen molar-refractivity contribution in [2.24, 2.45) is 4.99 Å². The molecule has 0 spiro atoms. The lowest BCUT2D eigenvalue weighted by molar-refractivity contribution is -0.114. The number of aliphatic imine (C=N–C) groups is 1. The number of hydrogen-bond donors (Lipinski definition) is 1. The van der Waals surface area contributed by atoms with Crippen LogP contribution >= 0.6 is 27.7 Å². The van der Waals surface area contributed by atoms with E-state index >= 15 is 0 Å². The summed E-state index contributed by atoms with van der Waals surface area (Å²) in [5, 5.41) is 10.6. The smallest absolute Gasteiger partial charge is 0.283 e. The van der Waals surface area contributed by atoms with Gasteiger partial charge >= 0.3 is 0 Å². The van der Waals surface area contributed by atoms with Crippen molar-refractivity contribution in [3.63, 3.8) is 0 Å². The van der Waals surface area contributed by atoms with Crippen LogP contribution in [-0.4, -0.2) is 42.1 Å². The number of rotatable bonds is 7. The van der Waals surface area contributed by atoms with E-state index in [9.17, 15) is 4.79 Å². The highest BCUT2D eigenvalue weighted by atomic mass is 79.9. The Labute approximate surface area is 192 Å². The van der Waals surface area contributed by atoms with E-state index in [1.165, 1.54) is 11.8 Å². The number of carbonyl (C=O) groups excluding carboxylic acids is 1. The second kappa shape index (κ2) is 9.40. The first-order valence-electron chi connectivity index (χ1n) is 9.30. The summed E-state index contributed by atoms with van der Waals surface area (Å²) < 4.78 is 17.3. The molecule has 2 aliphatic heterocycles. The van der Waals surface area contributed by atoms with Gasteiger partial charge in [0.15, 0.2) is 5.17 Å². The molecule has 2 heterocycles. The molecule has 31 heavy (non-hydrogen) atoms. The Morgan fingerprint density at radius 2 is 1.87 bits per heavy atom. The van der Waals surface area contributed by atoms with E-state index < -0.39 is 5.91 Å². The van der Waals surface area contributed by atoms with E-state index in [1.54, 1.807) is 35.8 Å². The van der Waals surface area contributed by atoms with Crippen molar-refractivity contribution in [1.29, 1.82) is 5.41 Å². The third-order valence-corrected chi connectivity index (χ3v) is 5.83. The molecular formula is C22H18BrN3O4S. The number of amidine groups is 2. The van der Waals surface area contributed by atoms with Crippen molar-refractivity contribution in [2.75, 3.05) is 20.3 Å². The van der Waals surface area contributed by atoms with Crippen molar-refractivity contribution in [1.82, 2.24) is 4.90 Å². The average molecular weight is 500 g/mol. The molecule has 1 N–H and O–H groups in total. The molecule has 0 radical (unpaired) electrons. The lowest BCUT2D eigenvalue weighted by Gasteiger charge is -2.22. The topological polar surface area (TPSA) is 84.2 Å². The van der Waals surface area contributed by atoms with Gasteiger partial charge in [-0.15, -0.1) is 0 Å². The first-order valence-corrected chi connectivity index (χ1v) is 11.0. The van der Waals surface area contributed by atoms with E-state index in [2.05, 4.69) is 20.9 Å². The van der Waals surface area contributed by atoms with Gasteiger partial charge in [0.05, 0.1) is 17.2 Å². The van der Waals surface area contributed by atoms with Crippen LogP contribution < -0.4 is 14.2 Å². The van der Waals surface area contributed by atoms with Gasteiger partial charge in [-0.25, -0.2) is 0 Å². The van der Waals surface area contributed by atoms with E-state index in [-0.39, 0.29) is 11.4 Å². The molecular weight excluding hydrogens is 482 g/mol. The summed E-state index contributed by atoms with van der Waals surface area (Å²) >= 11 is 4.82. The Morgan fingerprint density at radius 3 is 2.61 bits per heavy atom. The van der Waals surface area contributed by atoms with E-state index in [0.29, 0.717) is 24.1 Å². The second-order valence-corrected chi connectivity index (χ2v) is 8.17. The predicted octanol–water partition coefficient (Wildman–Crippen LogP) is 4.69. The molecule has 4 rings (SSSR count). The molecule has 0 fully saturated rings. The molecule has 0 atom stereocenters. The predicted molar refractivity (Wildman–Crippen MR) is 125 cm³/mol. The van der Waals surface area contributed by atoms with Crippen molar-refractivity contribution in [2.45, 2.75) is 0 Å². The first-order chi connectivity index (χ1) is 15.0. The van der Waals surface area contributed by atoms with Crippen molar-refractivity contribution < 1.29 is 19.0 Å². The van der Waals surface area contributed by atoms with Gasteiger partial charge in [0.25, 0.3) is 5.91 Å². The van der Waals surface area contributed by atoms with Crippen LogP contribution in [0, 0.1) is 5.41 Å². The number of fused-ring (bicyclic) bond motifs is 1. The molecule has 0 aromatic heterocycles. The molecule has 0 saturated heterocycles. The fourth-order valence-corrected chi connectivity index (χ4v) is 4.12. The number of benzene rings is 2. The van der Waals surface area contributed by atoms with Crippen LogP contribution in [0.2, 0.25) is 0 Å². The number of thioether (sulfide) groups is 1. The highest BCUT2D eigenvalue weighted by molar-refractivity contribution is 9.10. The van der Waals surface area contributed by atoms with Crippen molar-refractivity contribution >= 4 is 50.7 Å². The largest absolute Gasteiger partial charge is 0.497 e. The van der Waals surface area contributed by atoms with Crippen LogP contribution in [0.5, 0.6) is 17.2 Å². The summed E-state index contributed by atoms with van der Waals surface area (Å²) in [6.07, 6.45) is 3.39. The van der Waals surface area contributed by atoms with Crippen molar-refractivity contribution in [3.05, 3.63) is 69.7 Å². The Bertz CT molecular complexity index is 1110. The number of nitrogens with one attached hydrogen (secondary N) is 1. The average Bonchev–Trinajstić information content (AvgIpc) is 3.24. The Kier molecular flexibility index (Phi) is 6.43. The summed E-state index contributed by atoms with van der Waals surface area (Å²) in [5.74, 6) is 1.87. The molecule has 7 nitrogen and oxygen atoms in total. The zero-order valence-electron chi connectivity index (χ0n) is 16.5. The van der Waals surface area contributed by atoms with Crippen LogP contribution in [0.1, 0.15) is 5.56 Å². The van der Waals surface area contributed by atoms with Gasteiger partial charge in [0, 0.05) is 6.20 Å². The first kappa shape index (κ1) is 21.2. The van der Waals surface area contributed by atoms with Crippen LogP contribution in [0.15, 0.2) is 69.1 Å². The molecule has 158 valence electrons. The minimum atomic E-state index is -0.417. The Balaban J connectivity index is 1.36. The maximum Gasteiger partial charge on any atom is 0.283 e. The van der Waals surface area contributed by atoms with Crippen LogP contribution in [0.4, 0.5) is 0 Å². The third-order valence-electron chi connectivity index (χ3n) is 4.45. The fourth-order valence-electron chi connectivity index (χ4n) is 2.91. The van der Waals surface area contributed by atoms with Crippen LogP contribution in [0.25, 0.3) is 6.08 Å². The van der Waals surface area contributed by atoms with Crippen molar-refractivity contribution in [3.8, 4) is 17.2 Å². The third kappa shape index (κ3) is 4.83. The molecule has 0 bridgehead atoms. The maximum atomic E-state index is 12.3. The number of ether oxygens (including phenoxy) is 3. The summed E-state index contributed by atoms with van der Waals surface area (Å²) in [4.78, 5) is 17.9. The normalized spacial score (nSPS) is 16.4. The van der Waals surface area contributed by atoms with Gasteiger partial charge in [0.1, 0.15) is 36.3 Å². The highest BCUT2D eigenvalue weighted by Crippen LogP contribution is 2.30. The van der Waals surface area contributed by atoms with Crippen LogP contribution in [-0.2, 0) is 4.79 Å². The quantitative estimate of drug-likeness (QED) is 0.439.